The van der Waals surface area contributed by atoms with Gasteiger partial charge < -0.3 is 5.84 Å². The van der Waals surface area contributed by atoms with Crippen LogP contribution in [0, 0.1) is 5.92 Å². The van der Waals surface area contributed by atoms with Crippen molar-refractivity contribution in [2.24, 2.45) is 22.7 Å². The Bertz CT molecular complexity index is 189. The predicted octanol–water partition coefficient (Wildman–Crippen LogP) is -0.909. The molecule has 1 saturated carbocycles. The summed E-state index contributed by atoms with van der Waals surface area (Å²) in [5, 5.41) is 3.55. The molecule has 5 N–H and O–H groups in total. The fraction of sp³-hybridized carbons (Fsp3) is 0.667. The molecule has 5 nitrogen and oxygen atoms in total. The number of nitrogens with one attached hydrogen (secondary N) is 1. The number of rotatable bonds is 1. The zero-order chi connectivity index (χ0) is 8.27. The molecule has 0 bridgehead atoms. The van der Waals surface area contributed by atoms with Gasteiger partial charge in [-0.1, -0.05) is 0 Å². The Kier molecular flexibility index (Phi) is 2.43. The Morgan fingerprint density at radius 1 is 1.73 bits per heavy atom. The van der Waals surface area contributed by atoms with Crippen LogP contribution in [-0.2, 0) is 4.79 Å². The fourth-order valence-corrected chi connectivity index (χ4v) is 1.29. The van der Waals surface area contributed by atoms with Crippen LogP contribution < -0.4 is 17.1 Å². The van der Waals surface area contributed by atoms with E-state index in [-0.39, 0.29) is 11.8 Å². The normalized spacial score (nSPS) is 27.4. The van der Waals surface area contributed by atoms with E-state index in [0.717, 1.165) is 18.6 Å². The minimum atomic E-state index is -0.122. The Morgan fingerprint density at radius 3 is 2.91 bits per heavy atom. The molecular formula is C6H12N4O. The van der Waals surface area contributed by atoms with Crippen LogP contribution in [0.4, 0.5) is 0 Å². The van der Waals surface area contributed by atoms with Gasteiger partial charge in [-0.15, -0.1) is 0 Å². The van der Waals surface area contributed by atoms with Gasteiger partial charge in [0.25, 0.3) is 0 Å². The fourth-order valence-electron chi connectivity index (χ4n) is 1.29. The smallest absolute Gasteiger partial charge is 0.237 e. The van der Waals surface area contributed by atoms with Crippen molar-refractivity contribution in [3.63, 3.8) is 0 Å². The first kappa shape index (κ1) is 8.00. The third-order valence-corrected chi connectivity index (χ3v) is 1.96. The van der Waals surface area contributed by atoms with E-state index in [4.69, 9.17) is 11.7 Å². The Labute approximate surface area is 64.8 Å². The summed E-state index contributed by atoms with van der Waals surface area (Å²) < 4.78 is 0. The third kappa shape index (κ3) is 1.68. The van der Waals surface area contributed by atoms with Crippen molar-refractivity contribution in [3.05, 3.63) is 0 Å². The van der Waals surface area contributed by atoms with Crippen LogP contribution in [0.2, 0.25) is 0 Å². The maximum atomic E-state index is 10.9. The quantitative estimate of drug-likeness (QED) is 0.260. The lowest BCUT2D eigenvalue weighted by molar-refractivity contribution is -0.124. The number of hydrazone groups is 1. The first-order valence-electron chi connectivity index (χ1n) is 3.54. The standard InChI is InChI=1S/C6H12N4O/c7-9-5-2-1-4(3-5)6(11)10-8/h4H,1-3,7-8H2,(H,10,11). The molecule has 1 aliphatic rings. The van der Waals surface area contributed by atoms with Crippen molar-refractivity contribution in [3.8, 4) is 0 Å². The van der Waals surface area contributed by atoms with Crippen LogP contribution in [0.3, 0.4) is 0 Å². The first-order chi connectivity index (χ1) is 5.27. The zero-order valence-electron chi connectivity index (χ0n) is 6.21. The summed E-state index contributed by atoms with van der Waals surface area (Å²) in [5.74, 6) is 9.88. The molecule has 0 saturated heterocycles. The molecule has 0 aliphatic heterocycles. The number of amides is 1. The first-order valence-corrected chi connectivity index (χ1v) is 3.54. The number of hydrogen-bond donors (Lipinski definition) is 3. The minimum Gasteiger partial charge on any atom is -0.323 e. The number of carbonyl (C=O) groups is 1. The zero-order valence-corrected chi connectivity index (χ0v) is 6.21. The van der Waals surface area contributed by atoms with Crippen molar-refractivity contribution < 1.29 is 4.79 Å². The molecule has 0 radical (unpaired) electrons. The van der Waals surface area contributed by atoms with E-state index >= 15 is 0 Å². The van der Waals surface area contributed by atoms with Gasteiger partial charge in [0.15, 0.2) is 0 Å². The van der Waals surface area contributed by atoms with E-state index in [1.54, 1.807) is 0 Å². The van der Waals surface area contributed by atoms with Crippen molar-refractivity contribution in [2.45, 2.75) is 19.3 Å². The van der Waals surface area contributed by atoms with Gasteiger partial charge in [0.2, 0.25) is 5.91 Å². The number of hydrazine groups is 1. The molecule has 0 aromatic heterocycles. The van der Waals surface area contributed by atoms with E-state index < -0.39 is 0 Å². The molecule has 1 rings (SSSR count). The van der Waals surface area contributed by atoms with Crippen molar-refractivity contribution >= 4 is 11.6 Å². The highest BCUT2D eigenvalue weighted by atomic mass is 16.2. The molecule has 5 heteroatoms. The van der Waals surface area contributed by atoms with Gasteiger partial charge >= 0.3 is 0 Å². The molecule has 0 aromatic rings. The van der Waals surface area contributed by atoms with E-state index in [2.05, 4.69) is 10.5 Å². The molecule has 1 aliphatic carbocycles. The van der Waals surface area contributed by atoms with Gasteiger partial charge in [-0.3, -0.25) is 10.2 Å². The number of nitrogens with zero attached hydrogens (tertiary/aromatic N) is 1. The number of hydrogen-bond acceptors (Lipinski definition) is 4. The Balaban J connectivity index is 2.48. The van der Waals surface area contributed by atoms with Crippen LogP contribution in [0.15, 0.2) is 5.10 Å². The highest BCUT2D eigenvalue weighted by Gasteiger charge is 2.26. The molecule has 62 valence electrons. The molecule has 0 aromatic carbocycles. The molecule has 0 spiro atoms. The van der Waals surface area contributed by atoms with Gasteiger partial charge in [-0.05, 0) is 19.3 Å². The summed E-state index contributed by atoms with van der Waals surface area (Å²) in [7, 11) is 0. The van der Waals surface area contributed by atoms with Crippen LogP contribution >= 0.6 is 0 Å². The number of nitrogens with two attached hydrogens (primary N) is 2. The lowest BCUT2D eigenvalue weighted by atomic mass is 10.1. The van der Waals surface area contributed by atoms with Crippen molar-refractivity contribution in [1.82, 2.24) is 5.43 Å². The average Bonchev–Trinajstić information content (AvgIpc) is 2.50. The highest BCUT2D eigenvalue weighted by Crippen LogP contribution is 2.22. The molecule has 1 fully saturated rings. The topological polar surface area (TPSA) is 93.5 Å². The van der Waals surface area contributed by atoms with Gasteiger partial charge in [0.05, 0.1) is 0 Å². The molecule has 1 amide bonds. The van der Waals surface area contributed by atoms with E-state index in [1.807, 2.05) is 0 Å². The van der Waals surface area contributed by atoms with E-state index in [0.29, 0.717) is 6.42 Å². The van der Waals surface area contributed by atoms with E-state index in [1.165, 1.54) is 0 Å². The Hall–Kier alpha value is -1.10. The lowest BCUT2D eigenvalue weighted by Gasteiger charge is -2.03. The summed E-state index contributed by atoms with van der Waals surface area (Å²) in [6.07, 6.45) is 2.27. The monoisotopic (exact) mass is 156 g/mol. The summed E-state index contributed by atoms with van der Waals surface area (Å²) in [4.78, 5) is 10.9. The van der Waals surface area contributed by atoms with Crippen LogP contribution in [0.25, 0.3) is 0 Å². The van der Waals surface area contributed by atoms with Gasteiger partial charge in [-0.25, -0.2) is 5.84 Å². The predicted molar refractivity (Wildman–Crippen MR) is 41.3 cm³/mol. The van der Waals surface area contributed by atoms with Gasteiger partial charge in [0.1, 0.15) is 0 Å². The van der Waals surface area contributed by atoms with Crippen molar-refractivity contribution in [1.29, 1.82) is 0 Å². The lowest BCUT2D eigenvalue weighted by Crippen LogP contribution is -2.34. The van der Waals surface area contributed by atoms with E-state index in [9.17, 15) is 4.79 Å². The highest BCUT2D eigenvalue weighted by molar-refractivity contribution is 5.92. The SMILES string of the molecule is NN=C1CCC(C(=O)NN)C1. The molecule has 1 unspecified atom stereocenters. The molecule has 1 atom stereocenters. The average molecular weight is 156 g/mol. The summed E-state index contributed by atoms with van der Waals surface area (Å²) in [6.45, 7) is 0. The second kappa shape index (κ2) is 3.34. The molecule has 0 heterocycles. The van der Waals surface area contributed by atoms with Crippen LogP contribution in [0.1, 0.15) is 19.3 Å². The third-order valence-electron chi connectivity index (χ3n) is 1.96. The maximum Gasteiger partial charge on any atom is 0.237 e. The maximum absolute atomic E-state index is 10.9. The minimum absolute atomic E-state index is 0.0256. The van der Waals surface area contributed by atoms with Gasteiger partial charge in [0, 0.05) is 11.6 Å². The number of carbonyl (C=O) groups excluding carboxylic acids is 1. The molecule has 11 heavy (non-hydrogen) atoms. The summed E-state index contributed by atoms with van der Waals surface area (Å²) in [5.41, 5.74) is 3.02. The Morgan fingerprint density at radius 2 is 2.45 bits per heavy atom. The summed E-state index contributed by atoms with van der Waals surface area (Å²) >= 11 is 0. The summed E-state index contributed by atoms with van der Waals surface area (Å²) in [6, 6.07) is 0. The largest absolute Gasteiger partial charge is 0.323 e. The second-order valence-electron chi connectivity index (χ2n) is 2.64. The van der Waals surface area contributed by atoms with Crippen LogP contribution in [-0.4, -0.2) is 11.6 Å². The van der Waals surface area contributed by atoms with Crippen molar-refractivity contribution in [2.75, 3.05) is 0 Å². The molecular weight excluding hydrogens is 144 g/mol. The second-order valence-corrected chi connectivity index (χ2v) is 2.64. The van der Waals surface area contributed by atoms with Crippen LogP contribution in [0.5, 0.6) is 0 Å². The van der Waals surface area contributed by atoms with Gasteiger partial charge in [-0.2, -0.15) is 5.10 Å².